The van der Waals surface area contributed by atoms with Gasteiger partial charge in [-0.25, -0.2) is 4.79 Å². The van der Waals surface area contributed by atoms with Crippen molar-refractivity contribution in [1.29, 1.82) is 0 Å². The Bertz CT molecular complexity index is 662. The topological polar surface area (TPSA) is 70.0 Å². The first-order valence-corrected chi connectivity index (χ1v) is 7.89. The number of nitrogens with zero attached hydrogens (tertiary/aromatic N) is 1. The van der Waals surface area contributed by atoms with E-state index in [2.05, 4.69) is 11.8 Å². The highest BCUT2D eigenvalue weighted by Crippen LogP contribution is 2.42. The molecule has 0 bridgehead atoms. The highest BCUT2D eigenvalue weighted by molar-refractivity contribution is 5.65. The molecule has 5 nitrogen and oxygen atoms in total. The maximum Gasteiger partial charge on any atom is 0.407 e. The molecule has 2 aliphatic rings. The van der Waals surface area contributed by atoms with E-state index in [9.17, 15) is 15.0 Å². The van der Waals surface area contributed by atoms with Crippen LogP contribution in [0.2, 0.25) is 0 Å². The Labute approximate surface area is 135 Å². The van der Waals surface area contributed by atoms with Crippen molar-refractivity contribution in [2.75, 3.05) is 20.2 Å². The molecule has 1 saturated carbocycles. The summed E-state index contributed by atoms with van der Waals surface area (Å²) in [6.45, 7) is 0.868. The molecular formula is C18H21NO4. The van der Waals surface area contributed by atoms with Crippen molar-refractivity contribution in [2.24, 2.45) is 11.8 Å². The number of amides is 1. The van der Waals surface area contributed by atoms with Crippen molar-refractivity contribution in [3.63, 3.8) is 0 Å². The summed E-state index contributed by atoms with van der Waals surface area (Å²) in [5.41, 5.74) is -0.330. The van der Waals surface area contributed by atoms with Gasteiger partial charge in [0.1, 0.15) is 11.4 Å². The van der Waals surface area contributed by atoms with Gasteiger partial charge < -0.3 is 19.8 Å². The molecule has 3 unspecified atom stereocenters. The number of aliphatic hydroxyl groups is 1. The van der Waals surface area contributed by atoms with Crippen molar-refractivity contribution in [3.05, 3.63) is 29.8 Å². The second-order valence-electron chi connectivity index (χ2n) is 6.35. The average Bonchev–Trinajstić information content (AvgIpc) is 3.00. The fourth-order valence-corrected chi connectivity index (χ4v) is 3.72. The molecule has 1 aliphatic carbocycles. The minimum atomic E-state index is -1.11. The first-order chi connectivity index (χ1) is 11.0. The van der Waals surface area contributed by atoms with Gasteiger partial charge in [-0.1, -0.05) is 17.9 Å². The normalized spacial score (nSPS) is 29.4. The van der Waals surface area contributed by atoms with Crippen LogP contribution in [0.3, 0.4) is 0 Å². The molecule has 2 fully saturated rings. The third kappa shape index (κ3) is 3.13. The summed E-state index contributed by atoms with van der Waals surface area (Å²) in [6, 6.07) is 7.41. The molecule has 23 heavy (non-hydrogen) atoms. The van der Waals surface area contributed by atoms with Crippen LogP contribution in [0.5, 0.6) is 5.75 Å². The van der Waals surface area contributed by atoms with Gasteiger partial charge in [0, 0.05) is 24.6 Å². The zero-order valence-corrected chi connectivity index (χ0v) is 13.2. The molecule has 1 amide bonds. The van der Waals surface area contributed by atoms with Gasteiger partial charge in [0.05, 0.1) is 7.11 Å². The van der Waals surface area contributed by atoms with Crippen LogP contribution >= 0.6 is 0 Å². The first kappa shape index (κ1) is 15.7. The summed E-state index contributed by atoms with van der Waals surface area (Å²) in [4.78, 5) is 12.6. The van der Waals surface area contributed by atoms with Crippen LogP contribution < -0.4 is 4.74 Å². The quantitative estimate of drug-likeness (QED) is 0.779. The highest BCUT2D eigenvalue weighted by atomic mass is 16.5. The Morgan fingerprint density at radius 3 is 3.00 bits per heavy atom. The Morgan fingerprint density at radius 1 is 1.43 bits per heavy atom. The molecule has 1 heterocycles. The van der Waals surface area contributed by atoms with Gasteiger partial charge >= 0.3 is 6.09 Å². The SMILES string of the molecule is COc1cccc(C#CC2(O)CCCC3CN(C(=O)O)CC32)c1. The fraction of sp³-hybridized carbons (Fsp3) is 0.500. The van der Waals surface area contributed by atoms with Crippen molar-refractivity contribution in [3.8, 4) is 17.6 Å². The third-order valence-corrected chi connectivity index (χ3v) is 4.95. The van der Waals surface area contributed by atoms with Gasteiger partial charge in [-0.3, -0.25) is 0 Å². The summed E-state index contributed by atoms with van der Waals surface area (Å²) < 4.78 is 5.18. The van der Waals surface area contributed by atoms with Crippen LogP contribution in [0.25, 0.3) is 0 Å². The van der Waals surface area contributed by atoms with E-state index in [4.69, 9.17) is 4.74 Å². The van der Waals surface area contributed by atoms with E-state index in [1.165, 1.54) is 4.90 Å². The fourth-order valence-electron chi connectivity index (χ4n) is 3.72. The van der Waals surface area contributed by atoms with E-state index >= 15 is 0 Å². The summed E-state index contributed by atoms with van der Waals surface area (Å²) in [6.07, 6.45) is 1.51. The lowest BCUT2D eigenvalue weighted by Gasteiger charge is -2.37. The number of hydrogen-bond acceptors (Lipinski definition) is 3. The lowest BCUT2D eigenvalue weighted by molar-refractivity contribution is -0.00776. The molecule has 2 N–H and O–H groups in total. The molecule has 3 atom stereocenters. The van der Waals surface area contributed by atoms with Crippen LogP contribution in [-0.2, 0) is 0 Å². The van der Waals surface area contributed by atoms with Crippen LogP contribution in [0.4, 0.5) is 4.79 Å². The highest BCUT2D eigenvalue weighted by Gasteiger charge is 2.49. The molecular weight excluding hydrogens is 294 g/mol. The van der Waals surface area contributed by atoms with Crippen LogP contribution in [0.15, 0.2) is 24.3 Å². The molecule has 0 aromatic heterocycles. The molecule has 3 rings (SSSR count). The molecule has 1 saturated heterocycles. The van der Waals surface area contributed by atoms with E-state index in [0.717, 1.165) is 24.2 Å². The molecule has 5 heteroatoms. The number of hydrogen-bond donors (Lipinski definition) is 2. The second kappa shape index (κ2) is 6.13. The van der Waals surface area contributed by atoms with Gasteiger partial charge in [-0.15, -0.1) is 0 Å². The van der Waals surface area contributed by atoms with E-state index in [-0.39, 0.29) is 11.8 Å². The monoisotopic (exact) mass is 315 g/mol. The zero-order valence-electron chi connectivity index (χ0n) is 13.2. The number of rotatable bonds is 1. The molecule has 0 radical (unpaired) electrons. The number of methoxy groups -OCH3 is 1. The van der Waals surface area contributed by atoms with Crippen molar-refractivity contribution in [2.45, 2.75) is 24.9 Å². The predicted molar refractivity (Wildman–Crippen MR) is 85.3 cm³/mol. The minimum Gasteiger partial charge on any atom is -0.497 e. The summed E-state index contributed by atoms with van der Waals surface area (Å²) >= 11 is 0. The molecule has 1 aromatic carbocycles. The van der Waals surface area contributed by atoms with E-state index in [1.54, 1.807) is 7.11 Å². The van der Waals surface area contributed by atoms with Gasteiger partial charge in [0.25, 0.3) is 0 Å². The summed E-state index contributed by atoms with van der Waals surface area (Å²) in [5, 5.41) is 20.2. The number of benzene rings is 1. The van der Waals surface area contributed by atoms with Gasteiger partial charge in [-0.05, 0) is 43.4 Å². The molecule has 122 valence electrons. The van der Waals surface area contributed by atoms with E-state index < -0.39 is 11.7 Å². The number of likely N-dealkylation sites (tertiary alicyclic amines) is 1. The smallest absolute Gasteiger partial charge is 0.407 e. The Hall–Kier alpha value is -2.19. The van der Waals surface area contributed by atoms with Crippen molar-refractivity contribution in [1.82, 2.24) is 4.90 Å². The van der Waals surface area contributed by atoms with Gasteiger partial charge in [-0.2, -0.15) is 0 Å². The predicted octanol–water partition coefficient (Wildman–Crippen LogP) is 2.19. The maximum atomic E-state index is 11.2. The molecule has 1 aromatic rings. The Kier molecular flexibility index (Phi) is 4.18. The van der Waals surface area contributed by atoms with Crippen LogP contribution in [0.1, 0.15) is 24.8 Å². The van der Waals surface area contributed by atoms with Gasteiger partial charge in [0.15, 0.2) is 0 Å². The lowest BCUT2D eigenvalue weighted by atomic mass is 9.71. The largest absolute Gasteiger partial charge is 0.497 e. The van der Waals surface area contributed by atoms with Crippen LogP contribution in [-0.4, -0.2) is 47.0 Å². The Morgan fingerprint density at radius 2 is 2.26 bits per heavy atom. The minimum absolute atomic E-state index is 0.106. The van der Waals surface area contributed by atoms with E-state index in [0.29, 0.717) is 19.5 Å². The Balaban J connectivity index is 1.83. The van der Waals surface area contributed by atoms with Crippen molar-refractivity contribution < 1.29 is 19.7 Å². The average molecular weight is 315 g/mol. The van der Waals surface area contributed by atoms with Crippen LogP contribution in [0, 0.1) is 23.7 Å². The maximum absolute atomic E-state index is 11.2. The first-order valence-electron chi connectivity index (χ1n) is 7.89. The third-order valence-electron chi connectivity index (χ3n) is 4.95. The summed E-state index contributed by atoms with van der Waals surface area (Å²) in [5.74, 6) is 6.88. The number of ether oxygens (including phenoxy) is 1. The standard InChI is InChI=1S/C18H21NO4/c1-23-15-6-2-4-13(10-15)7-9-18(22)8-3-5-14-11-19(17(20)21)12-16(14)18/h2,4,6,10,14,16,22H,3,5,8,11-12H2,1H3,(H,20,21). The number of carbonyl (C=O) groups is 1. The number of carboxylic acid groups (broad SMARTS) is 1. The number of fused-ring (bicyclic) bond motifs is 1. The molecule has 0 spiro atoms. The van der Waals surface area contributed by atoms with Crippen molar-refractivity contribution >= 4 is 6.09 Å². The molecule has 1 aliphatic heterocycles. The van der Waals surface area contributed by atoms with E-state index in [1.807, 2.05) is 24.3 Å². The zero-order chi connectivity index (χ0) is 16.4. The summed E-state index contributed by atoms with van der Waals surface area (Å²) in [7, 11) is 1.60. The van der Waals surface area contributed by atoms with Gasteiger partial charge in [0.2, 0.25) is 0 Å². The second-order valence-corrected chi connectivity index (χ2v) is 6.35. The lowest BCUT2D eigenvalue weighted by Crippen LogP contribution is -2.44.